The molecule has 0 fully saturated rings. The van der Waals surface area contributed by atoms with E-state index in [1.807, 2.05) is 25.1 Å². The maximum absolute atomic E-state index is 12.5. The fourth-order valence-corrected chi connectivity index (χ4v) is 3.52. The van der Waals surface area contributed by atoms with Crippen LogP contribution >= 0.6 is 0 Å². The van der Waals surface area contributed by atoms with Crippen molar-refractivity contribution in [2.45, 2.75) is 40.0 Å². The number of aryl methyl sites for hydroxylation is 1. The lowest BCUT2D eigenvalue weighted by Gasteiger charge is -2.20. The van der Waals surface area contributed by atoms with Gasteiger partial charge in [0.2, 0.25) is 0 Å². The molecule has 1 N–H and O–H groups in total. The van der Waals surface area contributed by atoms with Crippen molar-refractivity contribution < 1.29 is 9.53 Å². The van der Waals surface area contributed by atoms with Crippen LogP contribution in [0, 0.1) is 6.92 Å². The Kier molecular flexibility index (Phi) is 10.5. The van der Waals surface area contributed by atoms with E-state index in [-0.39, 0.29) is 5.91 Å². The van der Waals surface area contributed by atoms with Crippen LogP contribution in [0.2, 0.25) is 0 Å². The first-order valence-electron chi connectivity index (χ1n) is 10.9. The lowest BCUT2D eigenvalue weighted by Crippen LogP contribution is -2.31. The zero-order valence-electron chi connectivity index (χ0n) is 18.2. The standard InChI is InChI=1S/C25H36N2O2/c1-4-14-27(15-5-2)16-18-29-17-13-26-25(28)24-12-11-23(19-21(24)3)20-22-9-7-6-8-10-22/h6-12,19H,4-5,13-18,20H2,1-3H3,(H,26,28). The van der Waals surface area contributed by atoms with Crippen molar-refractivity contribution in [2.75, 3.05) is 39.4 Å². The summed E-state index contributed by atoms with van der Waals surface area (Å²) < 4.78 is 5.70. The molecule has 0 radical (unpaired) electrons. The molecule has 0 saturated carbocycles. The second-order valence-electron chi connectivity index (χ2n) is 7.52. The van der Waals surface area contributed by atoms with Gasteiger partial charge in [-0.2, -0.15) is 0 Å². The minimum Gasteiger partial charge on any atom is -0.378 e. The predicted molar refractivity (Wildman–Crippen MR) is 121 cm³/mol. The van der Waals surface area contributed by atoms with E-state index >= 15 is 0 Å². The third-order valence-electron chi connectivity index (χ3n) is 4.95. The van der Waals surface area contributed by atoms with E-state index in [2.05, 4.69) is 54.4 Å². The smallest absolute Gasteiger partial charge is 0.251 e. The molecule has 2 aromatic rings. The van der Waals surface area contributed by atoms with Crippen molar-refractivity contribution >= 4 is 5.91 Å². The van der Waals surface area contributed by atoms with Crippen LogP contribution in [0.3, 0.4) is 0 Å². The van der Waals surface area contributed by atoms with Gasteiger partial charge >= 0.3 is 0 Å². The summed E-state index contributed by atoms with van der Waals surface area (Å²) in [7, 11) is 0. The van der Waals surface area contributed by atoms with E-state index in [1.54, 1.807) is 0 Å². The molecule has 0 unspecified atom stereocenters. The second kappa shape index (κ2) is 13.1. The lowest BCUT2D eigenvalue weighted by molar-refractivity contribution is 0.0876. The fourth-order valence-electron chi connectivity index (χ4n) is 3.52. The van der Waals surface area contributed by atoms with Gasteiger partial charge in [0.15, 0.2) is 0 Å². The van der Waals surface area contributed by atoms with Gasteiger partial charge in [0, 0.05) is 18.7 Å². The van der Waals surface area contributed by atoms with Crippen molar-refractivity contribution in [1.29, 1.82) is 0 Å². The number of rotatable bonds is 13. The topological polar surface area (TPSA) is 41.6 Å². The third-order valence-corrected chi connectivity index (χ3v) is 4.95. The Labute approximate surface area is 176 Å². The summed E-state index contributed by atoms with van der Waals surface area (Å²) in [6, 6.07) is 16.5. The summed E-state index contributed by atoms with van der Waals surface area (Å²) in [4.78, 5) is 14.9. The van der Waals surface area contributed by atoms with Crippen LogP contribution in [0.1, 0.15) is 53.7 Å². The molecule has 0 saturated heterocycles. The first-order valence-corrected chi connectivity index (χ1v) is 10.9. The van der Waals surface area contributed by atoms with Crippen molar-refractivity contribution in [1.82, 2.24) is 10.2 Å². The maximum Gasteiger partial charge on any atom is 0.251 e. The monoisotopic (exact) mass is 396 g/mol. The van der Waals surface area contributed by atoms with E-state index in [9.17, 15) is 4.79 Å². The van der Waals surface area contributed by atoms with Gasteiger partial charge in [0.05, 0.1) is 13.2 Å². The Balaban J connectivity index is 1.72. The molecule has 0 bridgehead atoms. The van der Waals surface area contributed by atoms with Crippen molar-refractivity contribution in [3.05, 3.63) is 70.8 Å². The van der Waals surface area contributed by atoms with Crippen LogP contribution in [0.15, 0.2) is 48.5 Å². The molecule has 4 nitrogen and oxygen atoms in total. The third kappa shape index (κ3) is 8.38. The van der Waals surface area contributed by atoms with Crippen LogP contribution in [0.25, 0.3) is 0 Å². The average molecular weight is 397 g/mol. The summed E-state index contributed by atoms with van der Waals surface area (Å²) >= 11 is 0. The van der Waals surface area contributed by atoms with Gasteiger partial charge in [0.25, 0.3) is 5.91 Å². The Bertz CT molecular complexity index is 725. The second-order valence-corrected chi connectivity index (χ2v) is 7.52. The van der Waals surface area contributed by atoms with Gasteiger partial charge in [-0.1, -0.05) is 56.3 Å². The van der Waals surface area contributed by atoms with Crippen LogP contribution in [-0.4, -0.2) is 50.2 Å². The SMILES string of the molecule is CCCN(CCC)CCOCCNC(=O)c1ccc(Cc2ccccc2)cc1C. The van der Waals surface area contributed by atoms with E-state index in [4.69, 9.17) is 4.74 Å². The van der Waals surface area contributed by atoms with E-state index in [0.29, 0.717) is 19.8 Å². The Morgan fingerprint density at radius 1 is 0.931 bits per heavy atom. The highest BCUT2D eigenvalue weighted by atomic mass is 16.5. The van der Waals surface area contributed by atoms with Gasteiger partial charge in [-0.15, -0.1) is 0 Å². The average Bonchev–Trinajstić information content (AvgIpc) is 2.71. The van der Waals surface area contributed by atoms with Crippen molar-refractivity contribution in [2.24, 2.45) is 0 Å². The first kappa shape index (κ1) is 23.1. The molecule has 0 atom stereocenters. The number of benzene rings is 2. The number of carbonyl (C=O) groups excluding carboxylic acids is 1. The van der Waals surface area contributed by atoms with Crippen molar-refractivity contribution in [3.8, 4) is 0 Å². The normalized spacial score (nSPS) is 11.0. The molecular formula is C25H36N2O2. The number of hydrogen-bond acceptors (Lipinski definition) is 3. The number of ether oxygens (including phenoxy) is 1. The lowest BCUT2D eigenvalue weighted by atomic mass is 9.99. The molecule has 0 aliphatic heterocycles. The minimum atomic E-state index is -0.0315. The number of nitrogens with zero attached hydrogens (tertiary/aromatic N) is 1. The predicted octanol–water partition coefficient (Wildman–Crippen LogP) is 4.45. The Morgan fingerprint density at radius 3 is 2.31 bits per heavy atom. The van der Waals surface area contributed by atoms with E-state index in [0.717, 1.165) is 37.2 Å². The fraction of sp³-hybridized carbons (Fsp3) is 0.480. The first-order chi connectivity index (χ1) is 14.1. The van der Waals surface area contributed by atoms with Crippen LogP contribution in [0.5, 0.6) is 0 Å². The summed E-state index contributed by atoms with van der Waals surface area (Å²) in [6.07, 6.45) is 3.21. The molecule has 0 aliphatic carbocycles. The van der Waals surface area contributed by atoms with Gasteiger partial charge in [-0.3, -0.25) is 4.79 Å². The molecule has 4 heteroatoms. The summed E-state index contributed by atoms with van der Waals surface area (Å²) in [5.74, 6) is -0.0315. The van der Waals surface area contributed by atoms with Crippen LogP contribution in [-0.2, 0) is 11.2 Å². The largest absolute Gasteiger partial charge is 0.378 e. The summed E-state index contributed by atoms with van der Waals surface area (Å²) in [6.45, 7) is 11.4. The Hall–Kier alpha value is -2.17. The molecule has 2 rings (SSSR count). The van der Waals surface area contributed by atoms with Gasteiger partial charge in [0.1, 0.15) is 0 Å². The zero-order chi connectivity index (χ0) is 20.9. The van der Waals surface area contributed by atoms with Crippen LogP contribution < -0.4 is 5.32 Å². The minimum absolute atomic E-state index is 0.0315. The Morgan fingerprint density at radius 2 is 1.66 bits per heavy atom. The number of carbonyl (C=O) groups is 1. The summed E-state index contributed by atoms with van der Waals surface area (Å²) in [5.41, 5.74) is 4.24. The summed E-state index contributed by atoms with van der Waals surface area (Å²) in [5, 5.41) is 2.97. The van der Waals surface area contributed by atoms with Crippen LogP contribution in [0.4, 0.5) is 0 Å². The molecule has 0 heterocycles. The van der Waals surface area contributed by atoms with Crippen molar-refractivity contribution in [3.63, 3.8) is 0 Å². The highest BCUT2D eigenvalue weighted by Gasteiger charge is 2.09. The zero-order valence-corrected chi connectivity index (χ0v) is 18.2. The molecular weight excluding hydrogens is 360 g/mol. The quantitative estimate of drug-likeness (QED) is 0.509. The molecule has 29 heavy (non-hydrogen) atoms. The molecule has 0 aromatic heterocycles. The molecule has 158 valence electrons. The number of hydrogen-bond donors (Lipinski definition) is 1. The molecule has 0 aliphatic rings. The molecule has 2 aromatic carbocycles. The molecule has 1 amide bonds. The van der Waals surface area contributed by atoms with Gasteiger partial charge in [-0.05, 0) is 62.0 Å². The maximum atomic E-state index is 12.5. The van der Waals surface area contributed by atoms with E-state index in [1.165, 1.54) is 24.0 Å². The molecule has 0 spiro atoms. The van der Waals surface area contributed by atoms with E-state index < -0.39 is 0 Å². The number of amides is 1. The highest BCUT2D eigenvalue weighted by molar-refractivity contribution is 5.95. The number of nitrogens with one attached hydrogen (secondary N) is 1. The highest BCUT2D eigenvalue weighted by Crippen LogP contribution is 2.15. The van der Waals surface area contributed by atoms with Gasteiger partial charge in [-0.25, -0.2) is 0 Å². The van der Waals surface area contributed by atoms with Gasteiger partial charge < -0.3 is 15.0 Å².